The molecule has 3 aliphatic heterocycles. The maximum absolute atomic E-state index is 14.7. The van der Waals surface area contributed by atoms with Crippen molar-refractivity contribution in [3.8, 4) is 0 Å². The highest BCUT2D eigenvalue weighted by molar-refractivity contribution is 6.00. The molecule has 0 saturated carbocycles. The van der Waals surface area contributed by atoms with Crippen LogP contribution in [0.1, 0.15) is 104 Å². The molecule has 0 aromatic heterocycles. The first kappa shape index (κ1) is 62.7. The van der Waals surface area contributed by atoms with E-state index in [0.717, 1.165) is 0 Å². The molecular weight excluding hydrogens is 1030 g/mol. The summed E-state index contributed by atoms with van der Waals surface area (Å²) in [4.78, 5) is 161. The van der Waals surface area contributed by atoms with E-state index in [1.807, 2.05) is 0 Å². The summed E-state index contributed by atoms with van der Waals surface area (Å²) in [5, 5.41) is 31.2. The normalized spacial score (nSPS) is 26.6. The first-order chi connectivity index (χ1) is 37.9. The van der Waals surface area contributed by atoms with Gasteiger partial charge in [0.25, 0.3) is 0 Å². The SMILES string of the molecule is CC(C)C[C@@H]1NC(=O)[C@H](CC(=O)O)NC(=O)[C@H](C(C)C)NC(=O)[C@@H]2CCCN2C(=O)[C@@H](Cc2ccccc2)NC(=O)[C@H](C)NC(=O)[C@H](CCCN=C(N)N)NC(=O)[C@H](C)NC(=O)[C@@H]2CCCN2C(=O)[C@@H](Cc2ccccc2)NC1=O. The van der Waals surface area contributed by atoms with Gasteiger partial charge in [0.2, 0.25) is 59.1 Å². The third-order valence-electron chi connectivity index (χ3n) is 14.2. The second-order valence-corrected chi connectivity index (χ2v) is 21.4. The average molecular weight is 1110 g/mol. The predicted octanol–water partition coefficient (Wildman–Crippen LogP) is -1.38. The fraction of sp³-hybridized carbons (Fsp3) is 0.564. The van der Waals surface area contributed by atoms with Gasteiger partial charge >= 0.3 is 5.97 Å². The number of aliphatic imine (C=N–C) groups is 1. The van der Waals surface area contributed by atoms with E-state index >= 15 is 0 Å². The van der Waals surface area contributed by atoms with Crippen molar-refractivity contribution >= 4 is 71.0 Å². The first-order valence-electron chi connectivity index (χ1n) is 27.3. The number of guanidine groups is 1. The molecule has 25 nitrogen and oxygen atoms in total. The average Bonchev–Trinajstić information content (AvgIpc) is 4.12. The number of fused-ring (bicyclic) bond motifs is 2. The first-order valence-corrected chi connectivity index (χ1v) is 27.3. The van der Waals surface area contributed by atoms with Crippen LogP contribution >= 0.6 is 0 Å². The summed E-state index contributed by atoms with van der Waals surface area (Å²) in [7, 11) is 0. The zero-order valence-corrected chi connectivity index (χ0v) is 46.3. The highest BCUT2D eigenvalue weighted by Gasteiger charge is 2.43. The number of carboxylic acid groups (broad SMARTS) is 1. The summed E-state index contributed by atoms with van der Waals surface area (Å²) in [6.07, 6.45) is 0.254. The molecule has 0 radical (unpaired) electrons. The second kappa shape index (κ2) is 29.7. The number of carboxylic acids is 1. The quantitative estimate of drug-likeness (QED) is 0.0626. The minimum Gasteiger partial charge on any atom is -0.481 e. The Kier molecular flexibility index (Phi) is 23.3. The molecule has 0 bridgehead atoms. The zero-order valence-electron chi connectivity index (χ0n) is 46.3. The smallest absolute Gasteiger partial charge is 0.305 e. The second-order valence-electron chi connectivity index (χ2n) is 21.4. The molecule has 3 saturated heterocycles. The van der Waals surface area contributed by atoms with Crippen molar-refractivity contribution in [3.05, 3.63) is 71.8 Å². The number of nitrogens with zero attached hydrogens (tertiary/aromatic N) is 3. The Morgan fingerprint density at radius 3 is 1.46 bits per heavy atom. The highest BCUT2D eigenvalue weighted by atomic mass is 16.4. The van der Waals surface area contributed by atoms with Crippen LogP contribution in [0.3, 0.4) is 0 Å². The van der Waals surface area contributed by atoms with E-state index in [0.29, 0.717) is 24.0 Å². The monoisotopic (exact) mass is 1110 g/mol. The summed E-state index contributed by atoms with van der Waals surface area (Å²) in [5.41, 5.74) is 12.3. The van der Waals surface area contributed by atoms with Gasteiger partial charge in [-0.25, -0.2) is 0 Å². The van der Waals surface area contributed by atoms with Crippen LogP contribution in [0, 0.1) is 11.8 Å². The number of rotatable bonds is 13. The molecule has 10 amide bonds. The molecule has 5 rings (SSSR count). The largest absolute Gasteiger partial charge is 0.481 e. The molecular formula is C55H79N13O12. The van der Waals surface area contributed by atoms with Gasteiger partial charge in [-0.05, 0) is 81.8 Å². The molecule has 3 fully saturated rings. The van der Waals surface area contributed by atoms with Crippen molar-refractivity contribution in [1.82, 2.24) is 52.3 Å². The van der Waals surface area contributed by atoms with Gasteiger partial charge in [0.05, 0.1) is 6.42 Å². The van der Waals surface area contributed by atoms with Crippen LogP contribution in [-0.4, -0.2) is 166 Å². The van der Waals surface area contributed by atoms with Crippen molar-refractivity contribution in [1.29, 1.82) is 0 Å². The molecule has 0 unspecified atom stereocenters. The fourth-order valence-electron chi connectivity index (χ4n) is 9.90. The summed E-state index contributed by atoms with van der Waals surface area (Å²) < 4.78 is 0. The van der Waals surface area contributed by atoms with Crippen molar-refractivity contribution in [2.24, 2.45) is 28.3 Å². The summed E-state index contributed by atoms with van der Waals surface area (Å²) >= 11 is 0. The summed E-state index contributed by atoms with van der Waals surface area (Å²) in [6, 6.07) is 4.26. The third kappa shape index (κ3) is 18.2. The molecule has 13 N–H and O–H groups in total. The Morgan fingerprint density at radius 2 is 0.988 bits per heavy atom. The van der Waals surface area contributed by atoms with Gasteiger partial charge in [0.15, 0.2) is 5.96 Å². The lowest BCUT2D eigenvalue weighted by Crippen LogP contribution is -2.61. The van der Waals surface area contributed by atoms with Gasteiger partial charge in [-0.15, -0.1) is 0 Å². The van der Waals surface area contributed by atoms with E-state index in [2.05, 4.69) is 47.5 Å². The molecule has 436 valence electrons. The maximum atomic E-state index is 14.7. The molecule has 3 aliphatic rings. The number of hydrogen-bond acceptors (Lipinski definition) is 12. The van der Waals surface area contributed by atoms with Crippen LogP contribution in [0.4, 0.5) is 0 Å². The lowest BCUT2D eigenvalue weighted by atomic mass is 9.99. The maximum Gasteiger partial charge on any atom is 0.305 e. The Balaban J connectivity index is 1.54. The van der Waals surface area contributed by atoms with E-state index in [1.165, 1.54) is 23.6 Å². The van der Waals surface area contributed by atoms with Gasteiger partial charge in [0.1, 0.15) is 60.4 Å². The number of carbonyl (C=O) groups excluding carboxylic acids is 10. The van der Waals surface area contributed by atoms with Gasteiger partial charge in [-0.3, -0.25) is 57.7 Å². The molecule has 3 heterocycles. The van der Waals surface area contributed by atoms with E-state index in [1.54, 1.807) is 88.4 Å². The Bertz CT molecular complexity index is 2580. The van der Waals surface area contributed by atoms with E-state index in [9.17, 15) is 57.8 Å². The molecule has 0 spiro atoms. The molecule has 0 aliphatic carbocycles. The lowest BCUT2D eigenvalue weighted by Gasteiger charge is -2.32. The van der Waals surface area contributed by atoms with Crippen molar-refractivity contribution in [2.75, 3.05) is 19.6 Å². The van der Waals surface area contributed by atoms with Gasteiger partial charge < -0.3 is 68.9 Å². The van der Waals surface area contributed by atoms with Crippen LogP contribution in [0.15, 0.2) is 65.7 Å². The fourth-order valence-corrected chi connectivity index (χ4v) is 9.90. The van der Waals surface area contributed by atoms with E-state index in [-0.39, 0.29) is 76.5 Å². The van der Waals surface area contributed by atoms with E-state index < -0.39 is 138 Å². The number of aliphatic carboxylic acids is 1. The molecule has 80 heavy (non-hydrogen) atoms. The number of nitrogens with two attached hydrogens (primary N) is 2. The number of benzene rings is 2. The Labute approximate surface area is 465 Å². The van der Waals surface area contributed by atoms with Crippen molar-refractivity contribution in [3.63, 3.8) is 0 Å². The lowest BCUT2D eigenvalue weighted by molar-refractivity contribution is -0.143. The Hall–Kier alpha value is -8.12. The number of carbonyl (C=O) groups is 11. The van der Waals surface area contributed by atoms with Gasteiger partial charge in [-0.1, -0.05) is 88.4 Å². The van der Waals surface area contributed by atoms with Crippen LogP contribution in [0.2, 0.25) is 0 Å². The van der Waals surface area contributed by atoms with E-state index in [4.69, 9.17) is 11.5 Å². The number of nitrogens with one attached hydrogen (secondary N) is 8. The van der Waals surface area contributed by atoms with Crippen molar-refractivity contribution in [2.45, 2.75) is 166 Å². The minimum absolute atomic E-state index is 0.00123. The van der Waals surface area contributed by atoms with Crippen LogP contribution in [0.25, 0.3) is 0 Å². The molecule has 25 heteroatoms. The Morgan fingerprint density at radius 1 is 0.562 bits per heavy atom. The highest BCUT2D eigenvalue weighted by Crippen LogP contribution is 2.23. The van der Waals surface area contributed by atoms with Crippen molar-refractivity contribution < 1.29 is 57.8 Å². The predicted molar refractivity (Wildman–Crippen MR) is 293 cm³/mol. The topological polar surface area (TPSA) is 375 Å². The van der Waals surface area contributed by atoms with Gasteiger partial charge in [-0.2, -0.15) is 0 Å². The summed E-state index contributed by atoms with van der Waals surface area (Å²) in [6.45, 7) is 9.81. The van der Waals surface area contributed by atoms with Crippen LogP contribution in [0.5, 0.6) is 0 Å². The van der Waals surface area contributed by atoms with Gasteiger partial charge in [0, 0.05) is 32.5 Å². The number of hydrogen-bond donors (Lipinski definition) is 11. The standard InChI is InChI=1S/C55H79N13O12/c1-30(2)26-37-48(74)65-40(28-35-18-11-8-12-19-35)54(80)67-24-14-21-41(67)50(76)60-33(6)45(71)61-36(20-13-23-58-55(56)57)47(73)59-32(5)46(72)64-39(27-34-16-9-7-10-17-34)53(79)68-25-15-22-42(68)51(77)66-44(31(3)4)52(78)63-38(29-43(69)70)49(75)62-37/h7-12,16-19,30-33,36-42,44H,13-15,20-29H2,1-6H3,(H,59,73)(H,60,76)(H,61,71)(H,62,75)(H,63,78)(H,64,72)(H,65,74)(H,66,77)(H,69,70)(H4,56,57,58)/t32-,33-,36-,37-,38-,39+,40+,41-,42-,44-/m0/s1. The zero-order chi connectivity index (χ0) is 58.8. The summed E-state index contributed by atoms with van der Waals surface area (Å²) in [5.74, 6) is -10.4. The molecule has 2 aromatic carbocycles. The number of amides is 10. The molecule has 10 atom stereocenters. The minimum atomic E-state index is -1.77. The third-order valence-corrected chi connectivity index (χ3v) is 14.2. The van der Waals surface area contributed by atoms with Crippen LogP contribution < -0.4 is 54.0 Å². The van der Waals surface area contributed by atoms with Crippen LogP contribution in [-0.2, 0) is 65.6 Å². The molecule has 2 aromatic rings.